The molecule has 5 heteroatoms. The van der Waals surface area contributed by atoms with Crippen molar-refractivity contribution in [2.75, 3.05) is 27.9 Å². The molecule has 0 unspecified atom stereocenters. The van der Waals surface area contributed by atoms with E-state index >= 15 is 0 Å². The van der Waals surface area contributed by atoms with Crippen LogP contribution < -0.4 is 5.32 Å². The number of allylic oxidation sites excluding steroid dienone is 2. The number of hydrogen-bond acceptors (Lipinski definition) is 4. The van der Waals surface area contributed by atoms with E-state index in [2.05, 4.69) is 11.4 Å². The molecule has 1 aliphatic rings. The van der Waals surface area contributed by atoms with Crippen molar-refractivity contribution in [3.63, 3.8) is 0 Å². The highest BCUT2D eigenvalue weighted by Crippen LogP contribution is 2.17. The van der Waals surface area contributed by atoms with E-state index in [1.54, 1.807) is 21.3 Å². The first-order chi connectivity index (χ1) is 8.26. The predicted molar refractivity (Wildman–Crippen MR) is 70.8 cm³/mol. The van der Waals surface area contributed by atoms with Crippen molar-refractivity contribution in [3.8, 4) is 0 Å². The summed E-state index contributed by atoms with van der Waals surface area (Å²) in [5, 5.41) is 3.48. The maximum Gasteiger partial charge on any atom is 0.500 e. The summed E-state index contributed by atoms with van der Waals surface area (Å²) >= 11 is 0. The number of hydrogen-bond donors (Lipinski definition) is 1. The van der Waals surface area contributed by atoms with E-state index in [1.165, 1.54) is 31.4 Å². The second-order valence-corrected chi connectivity index (χ2v) is 7.39. The Bertz CT molecular complexity index is 234. The lowest BCUT2D eigenvalue weighted by atomic mass is 10.1. The molecule has 0 bridgehead atoms. The molecule has 1 rings (SSSR count). The molecule has 1 N–H and O–H groups in total. The molecule has 1 aliphatic carbocycles. The number of rotatable bonds is 8. The topological polar surface area (TPSA) is 39.7 Å². The summed E-state index contributed by atoms with van der Waals surface area (Å²) in [5.41, 5.74) is 1.40. The molecular weight excluding hydrogens is 234 g/mol. The van der Waals surface area contributed by atoms with Gasteiger partial charge in [-0.1, -0.05) is 6.08 Å². The van der Waals surface area contributed by atoms with Gasteiger partial charge in [0.1, 0.15) is 0 Å². The molecule has 0 saturated heterocycles. The Balaban J connectivity index is 2.20. The second-order valence-electron chi connectivity index (χ2n) is 4.30. The first kappa shape index (κ1) is 14.7. The van der Waals surface area contributed by atoms with Crippen LogP contribution in [0.3, 0.4) is 0 Å². The molecule has 0 aromatic carbocycles. The largest absolute Gasteiger partial charge is 0.500 e. The second kappa shape index (κ2) is 7.87. The maximum absolute atomic E-state index is 5.38. The molecule has 0 atom stereocenters. The van der Waals surface area contributed by atoms with Crippen LogP contribution in [0.5, 0.6) is 0 Å². The lowest BCUT2D eigenvalue weighted by molar-refractivity contribution is 0.123. The first-order valence-electron chi connectivity index (χ1n) is 6.34. The minimum Gasteiger partial charge on any atom is -0.389 e. The molecule has 0 aromatic rings. The molecule has 17 heavy (non-hydrogen) atoms. The van der Waals surface area contributed by atoms with Gasteiger partial charge in [-0.05, 0) is 32.1 Å². The molecule has 0 saturated carbocycles. The molecular formula is C12H25NO3Si. The normalized spacial score (nSPS) is 16.8. The summed E-state index contributed by atoms with van der Waals surface area (Å²) in [7, 11) is 2.63. The highest BCUT2D eigenvalue weighted by molar-refractivity contribution is 6.60. The zero-order chi connectivity index (χ0) is 12.6. The highest BCUT2D eigenvalue weighted by Gasteiger charge is 2.36. The van der Waals surface area contributed by atoms with Crippen molar-refractivity contribution < 1.29 is 13.3 Å². The molecule has 0 spiro atoms. The zero-order valence-corrected chi connectivity index (χ0v) is 12.3. The molecule has 0 heterocycles. The fourth-order valence-electron chi connectivity index (χ4n) is 2.11. The van der Waals surface area contributed by atoms with Crippen molar-refractivity contribution in [1.29, 1.82) is 0 Å². The summed E-state index contributed by atoms with van der Waals surface area (Å²) in [6.07, 6.45) is 8.39. The molecule has 0 fully saturated rings. The fourth-order valence-corrected chi connectivity index (χ4v) is 3.83. The third-order valence-corrected chi connectivity index (χ3v) is 6.07. The van der Waals surface area contributed by atoms with Crippen LogP contribution in [0, 0.1) is 0 Å². The van der Waals surface area contributed by atoms with E-state index in [1.807, 2.05) is 0 Å². The van der Waals surface area contributed by atoms with E-state index in [9.17, 15) is 0 Å². The Morgan fingerprint density at radius 2 is 1.88 bits per heavy atom. The van der Waals surface area contributed by atoms with Gasteiger partial charge in [-0.2, -0.15) is 0 Å². The lowest BCUT2D eigenvalue weighted by Gasteiger charge is -2.24. The van der Waals surface area contributed by atoms with Gasteiger partial charge in [-0.3, -0.25) is 0 Å². The van der Waals surface area contributed by atoms with Gasteiger partial charge in [-0.15, -0.1) is 0 Å². The van der Waals surface area contributed by atoms with Gasteiger partial charge < -0.3 is 18.6 Å². The summed E-state index contributed by atoms with van der Waals surface area (Å²) in [5.74, 6) is 0. The van der Waals surface area contributed by atoms with Gasteiger partial charge in [0.2, 0.25) is 0 Å². The summed E-state index contributed by atoms with van der Waals surface area (Å²) < 4.78 is 16.1. The summed E-state index contributed by atoms with van der Waals surface area (Å²) in [6, 6.07) is 0.858. The van der Waals surface area contributed by atoms with Gasteiger partial charge >= 0.3 is 8.80 Å². The van der Waals surface area contributed by atoms with Crippen LogP contribution >= 0.6 is 0 Å². The van der Waals surface area contributed by atoms with Gasteiger partial charge in [0, 0.05) is 39.6 Å². The van der Waals surface area contributed by atoms with E-state index < -0.39 is 8.80 Å². The Morgan fingerprint density at radius 1 is 1.18 bits per heavy atom. The van der Waals surface area contributed by atoms with Gasteiger partial charge in [0.05, 0.1) is 0 Å². The Morgan fingerprint density at radius 3 is 2.41 bits per heavy atom. The Hall–Kier alpha value is -0.363. The molecule has 0 aliphatic heterocycles. The maximum atomic E-state index is 5.38. The predicted octanol–water partition coefficient (Wildman–Crippen LogP) is 2.30. The average Bonchev–Trinajstić information content (AvgIpc) is 2.41. The zero-order valence-electron chi connectivity index (χ0n) is 11.3. The van der Waals surface area contributed by atoms with Crippen LogP contribution in [-0.2, 0) is 13.3 Å². The molecule has 100 valence electrons. The minimum absolute atomic E-state index is 0.858. The number of nitrogens with one attached hydrogen (secondary N) is 1. The highest BCUT2D eigenvalue weighted by atomic mass is 28.4. The van der Waals surface area contributed by atoms with Crippen molar-refractivity contribution >= 4 is 8.80 Å². The van der Waals surface area contributed by atoms with E-state index in [0.717, 1.165) is 19.0 Å². The van der Waals surface area contributed by atoms with Crippen molar-refractivity contribution in [1.82, 2.24) is 5.32 Å². The van der Waals surface area contributed by atoms with E-state index in [4.69, 9.17) is 13.3 Å². The third-order valence-electron chi connectivity index (χ3n) is 3.24. The molecule has 0 aromatic heterocycles. The van der Waals surface area contributed by atoms with Crippen LogP contribution in [-0.4, -0.2) is 36.7 Å². The fraction of sp³-hybridized carbons (Fsp3) is 0.833. The quantitative estimate of drug-likeness (QED) is 0.536. The Kier molecular flexibility index (Phi) is 6.80. The molecule has 0 radical (unpaired) electrons. The van der Waals surface area contributed by atoms with Crippen molar-refractivity contribution in [2.45, 2.75) is 38.1 Å². The van der Waals surface area contributed by atoms with Crippen LogP contribution in [0.15, 0.2) is 11.8 Å². The SMILES string of the molecule is CO[Si](CCCNC1=CCCCC1)(OC)OC. The Labute approximate surface area is 106 Å². The van der Waals surface area contributed by atoms with Crippen LogP contribution in [0.1, 0.15) is 32.1 Å². The monoisotopic (exact) mass is 259 g/mol. The smallest absolute Gasteiger partial charge is 0.389 e. The average molecular weight is 259 g/mol. The van der Waals surface area contributed by atoms with Crippen LogP contribution in [0.25, 0.3) is 0 Å². The minimum atomic E-state index is -2.36. The van der Waals surface area contributed by atoms with Gasteiger partial charge in [-0.25, -0.2) is 0 Å². The van der Waals surface area contributed by atoms with E-state index in [0.29, 0.717) is 0 Å². The summed E-state index contributed by atoms with van der Waals surface area (Å²) in [6.45, 7) is 0.969. The molecule has 0 amide bonds. The summed E-state index contributed by atoms with van der Waals surface area (Å²) in [4.78, 5) is 0. The van der Waals surface area contributed by atoms with Gasteiger partial charge in [0.15, 0.2) is 0 Å². The van der Waals surface area contributed by atoms with Crippen molar-refractivity contribution in [2.24, 2.45) is 0 Å². The lowest BCUT2D eigenvalue weighted by Crippen LogP contribution is -2.43. The first-order valence-corrected chi connectivity index (χ1v) is 8.28. The van der Waals surface area contributed by atoms with Gasteiger partial charge in [0.25, 0.3) is 0 Å². The van der Waals surface area contributed by atoms with E-state index in [-0.39, 0.29) is 0 Å². The third kappa shape index (κ3) is 4.79. The van der Waals surface area contributed by atoms with Crippen LogP contribution in [0.2, 0.25) is 6.04 Å². The molecule has 4 nitrogen and oxygen atoms in total. The van der Waals surface area contributed by atoms with Crippen molar-refractivity contribution in [3.05, 3.63) is 11.8 Å². The van der Waals surface area contributed by atoms with Crippen LogP contribution in [0.4, 0.5) is 0 Å². The standard InChI is InChI=1S/C12H25NO3Si/c1-14-17(15-2,16-3)11-7-10-13-12-8-5-4-6-9-12/h8,13H,4-7,9-11H2,1-3H3.